The minimum atomic E-state index is -0.211. The van der Waals surface area contributed by atoms with Crippen LogP contribution in [-0.4, -0.2) is 34.8 Å². The van der Waals surface area contributed by atoms with Crippen molar-refractivity contribution in [3.63, 3.8) is 0 Å². The fourth-order valence-electron chi connectivity index (χ4n) is 3.75. The van der Waals surface area contributed by atoms with Crippen molar-refractivity contribution in [2.75, 3.05) is 19.0 Å². The molecule has 0 bridgehead atoms. The minimum absolute atomic E-state index is 0.0811. The van der Waals surface area contributed by atoms with Crippen LogP contribution >= 0.6 is 0 Å². The monoisotopic (exact) mass is 355 g/mol. The molecule has 26 heavy (non-hydrogen) atoms. The van der Waals surface area contributed by atoms with Crippen LogP contribution in [0.1, 0.15) is 72.7 Å². The zero-order valence-corrected chi connectivity index (χ0v) is 16.2. The second-order valence-electron chi connectivity index (χ2n) is 7.47. The molecule has 1 unspecified atom stereocenters. The van der Waals surface area contributed by atoms with Gasteiger partial charge in [-0.3, -0.25) is 9.36 Å². The Bertz CT molecular complexity index is 744. The number of hydrogen-bond acceptors (Lipinski definition) is 4. The van der Waals surface area contributed by atoms with Gasteiger partial charge in [-0.15, -0.1) is 10.2 Å². The molecule has 1 aromatic carbocycles. The smallest absolute Gasteiger partial charge is 0.289 e. The third-order valence-corrected chi connectivity index (χ3v) is 5.32. The van der Waals surface area contributed by atoms with Gasteiger partial charge in [0.2, 0.25) is 11.8 Å². The third kappa shape index (κ3) is 3.89. The predicted molar refractivity (Wildman–Crippen MR) is 103 cm³/mol. The van der Waals surface area contributed by atoms with Gasteiger partial charge in [0.15, 0.2) is 0 Å². The van der Waals surface area contributed by atoms with Crippen molar-refractivity contribution in [3.05, 3.63) is 41.2 Å². The van der Waals surface area contributed by atoms with E-state index in [1.807, 2.05) is 25.9 Å². The fraction of sp³-hybridized carbons (Fsp3) is 0.550. The molecular formula is C20H29N5O. The molecule has 0 radical (unpaired) electrons. The van der Waals surface area contributed by atoms with Crippen LogP contribution in [0.25, 0.3) is 0 Å². The van der Waals surface area contributed by atoms with Crippen molar-refractivity contribution in [1.82, 2.24) is 20.1 Å². The number of hydrogen-bond donors (Lipinski definition) is 1. The molecule has 1 atom stereocenters. The lowest BCUT2D eigenvalue weighted by atomic mass is 9.84. The van der Waals surface area contributed by atoms with Gasteiger partial charge < -0.3 is 10.2 Å². The van der Waals surface area contributed by atoms with Crippen LogP contribution in [0, 0.1) is 0 Å². The van der Waals surface area contributed by atoms with Gasteiger partial charge in [-0.25, -0.2) is 0 Å². The largest absolute Gasteiger partial charge is 0.347 e. The van der Waals surface area contributed by atoms with Crippen molar-refractivity contribution in [3.8, 4) is 0 Å². The van der Waals surface area contributed by atoms with Gasteiger partial charge in [0.1, 0.15) is 0 Å². The Morgan fingerprint density at radius 1 is 1.15 bits per heavy atom. The first kappa shape index (κ1) is 18.4. The van der Waals surface area contributed by atoms with E-state index < -0.39 is 0 Å². The number of anilines is 1. The molecule has 1 aliphatic rings. The van der Waals surface area contributed by atoms with E-state index in [2.05, 4.69) is 39.8 Å². The number of carbonyl (C=O) groups is 1. The fourth-order valence-corrected chi connectivity index (χ4v) is 3.75. The van der Waals surface area contributed by atoms with E-state index in [1.54, 1.807) is 11.6 Å². The first-order chi connectivity index (χ1) is 12.5. The predicted octanol–water partition coefficient (Wildman–Crippen LogP) is 3.42. The van der Waals surface area contributed by atoms with Gasteiger partial charge in [0.25, 0.3) is 5.91 Å². The quantitative estimate of drug-likeness (QED) is 0.893. The highest BCUT2D eigenvalue weighted by atomic mass is 16.2. The Morgan fingerprint density at radius 3 is 2.38 bits per heavy atom. The number of aromatic nitrogens is 3. The Hall–Kier alpha value is -2.37. The number of benzene rings is 1. The molecular weight excluding hydrogens is 326 g/mol. The van der Waals surface area contributed by atoms with E-state index in [0.29, 0.717) is 17.7 Å². The Kier molecular flexibility index (Phi) is 5.59. The normalized spacial score (nSPS) is 16.3. The van der Waals surface area contributed by atoms with Crippen LogP contribution in [0.5, 0.6) is 0 Å². The molecule has 0 aliphatic heterocycles. The highest BCUT2D eigenvalue weighted by Gasteiger charge is 2.20. The van der Waals surface area contributed by atoms with Crippen LogP contribution in [0.15, 0.2) is 24.3 Å². The summed E-state index contributed by atoms with van der Waals surface area (Å²) in [6, 6.07) is 8.64. The maximum Gasteiger partial charge on any atom is 0.289 e. The van der Waals surface area contributed by atoms with Crippen molar-refractivity contribution >= 4 is 11.9 Å². The molecule has 1 fully saturated rings. The number of carbonyl (C=O) groups excluding carboxylic acids is 1. The zero-order chi connectivity index (χ0) is 18.7. The maximum atomic E-state index is 12.5. The molecule has 1 saturated carbocycles. The molecule has 6 heteroatoms. The second-order valence-corrected chi connectivity index (χ2v) is 7.47. The maximum absolute atomic E-state index is 12.5. The number of amides is 1. The first-order valence-corrected chi connectivity index (χ1v) is 9.45. The van der Waals surface area contributed by atoms with E-state index in [-0.39, 0.29) is 11.9 Å². The van der Waals surface area contributed by atoms with Crippen LogP contribution in [0.2, 0.25) is 0 Å². The summed E-state index contributed by atoms with van der Waals surface area (Å²) in [5, 5.41) is 11.1. The summed E-state index contributed by atoms with van der Waals surface area (Å²) >= 11 is 0. The zero-order valence-electron chi connectivity index (χ0n) is 16.2. The average molecular weight is 355 g/mol. The lowest BCUT2D eigenvalue weighted by molar-refractivity contribution is 0.0926. The molecule has 1 amide bonds. The topological polar surface area (TPSA) is 63.1 Å². The Balaban J connectivity index is 1.65. The summed E-state index contributed by atoms with van der Waals surface area (Å²) in [6.45, 7) is 2.00. The summed E-state index contributed by atoms with van der Waals surface area (Å²) in [5.74, 6) is 1.46. The molecule has 1 aromatic heterocycles. The Morgan fingerprint density at radius 2 is 1.81 bits per heavy atom. The van der Waals surface area contributed by atoms with Crippen LogP contribution in [0.4, 0.5) is 5.95 Å². The summed E-state index contributed by atoms with van der Waals surface area (Å²) < 4.78 is 1.70. The second kappa shape index (κ2) is 7.89. The van der Waals surface area contributed by atoms with Crippen molar-refractivity contribution in [2.45, 2.75) is 51.0 Å². The molecule has 1 N–H and O–H groups in total. The van der Waals surface area contributed by atoms with E-state index in [1.165, 1.54) is 37.7 Å². The molecule has 6 nitrogen and oxygen atoms in total. The lowest BCUT2D eigenvalue weighted by Crippen LogP contribution is -2.29. The molecule has 0 spiro atoms. The summed E-state index contributed by atoms with van der Waals surface area (Å²) in [7, 11) is 5.55. The van der Waals surface area contributed by atoms with E-state index in [4.69, 9.17) is 0 Å². The van der Waals surface area contributed by atoms with E-state index in [9.17, 15) is 4.79 Å². The summed E-state index contributed by atoms with van der Waals surface area (Å²) in [4.78, 5) is 14.4. The van der Waals surface area contributed by atoms with Crippen molar-refractivity contribution < 1.29 is 4.79 Å². The molecule has 0 saturated heterocycles. The molecule has 1 heterocycles. The SMILES string of the molecule is CC(NC(=O)c1nnc(N(C)C)n1C)c1ccc(C2CCCCC2)cc1. The van der Waals surface area contributed by atoms with Crippen LogP contribution in [-0.2, 0) is 7.05 Å². The summed E-state index contributed by atoms with van der Waals surface area (Å²) in [5.41, 5.74) is 2.53. The highest BCUT2D eigenvalue weighted by Crippen LogP contribution is 2.33. The number of rotatable bonds is 5. The van der Waals surface area contributed by atoms with Gasteiger partial charge in [0.05, 0.1) is 6.04 Å². The third-order valence-electron chi connectivity index (χ3n) is 5.32. The van der Waals surface area contributed by atoms with E-state index >= 15 is 0 Å². The van der Waals surface area contributed by atoms with Crippen LogP contribution in [0.3, 0.4) is 0 Å². The minimum Gasteiger partial charge on any atom is -0.347 e. The molecule has 2 aromatic rings. The molecule has 3 rings (SSSR count). The van der Waals surface area contributed by atoms with Gasteiger partial charge >= 0.3 is 0 Å². The highest BCUT2D eigenvalue weighted by molar-refractivity contribution is 5.91. The molecule has 140 valence electrons. The molecule has 1 aliphatic carbocycles. The van der Waals surface area contributed by atoms with Crippen LogP contribution < -0.4 is 10.2 Å². The number of nitrogens with one attached hydrogen (secondary N) is 1. The van der Waals surface area contributed by atoms with Gasteiger partial charge in [0, 0.05) is 21.1 Å². The summed E-state index contributed by atoms with van der Waals surface area (Å²) in [6.07, 6.45) is 6.64. The van der Waals surface area contributed by atoms with Gasteiger partial charge in [-0.05, 0) is 36.8 Å². The van der Waals surface area contributed by atoms with Crippen molar-refractivity contribution in [2.24, 2.45) is 7.05 Å². The van der Waals surface area contributed by atoms with E-state index in [0.717, 1.165) is 5.56 Å². The number of nitrogens with zero attached hydrogens (tertiary/aromatic N) is 4. The lowest BCUT2D eigenvalue weighted by Gasteiger charge is -2.22. The first-order valence-electron chi connectivity index (χ1n) is 9.45. The average Bonchev–Trinajstić information content (AvgIpc) is 3.04. The van der Waals surface area contributed by atoms with Gasteiger partial charge in [-0.1, -0.05) is 43.5 Å². The van der Waals surface area contributed by atoms with Gasteiger partial charge in [-0.2, -0.15) is 0 Å². The Labute approximate surface area is 155 Å². The van der Waals surface area contributed by atoms with Crippen molar-refractivity contribution in [1.29, 1.82) is 0 Å². The standard InChI is InChI=1S/C20H29N5O/c1-14(21-19(26)18-22-23-20(24(2)3)25(18)4)15-10-12-17(13-11-15)16-8-6-5-7-9-16/h10-14,16H,5-9H2,1-4H3,(H,21,26).